The van der Waals surface area contributed by atoms with E-state index in [1.165, 1.54) is 11.0 Å². The summed E-state index contributed by atoms with van der Waals surface area (Å²) in [6.45, 7) is 3.51. The van der Waals surface area contributed by atoms with Gasteiger partial charge in [0.15, 0.2) is 12.4 Å². The molecule has 1 saturated heterocycles. The van der Waals surface area contributed by atoms with E-state index in [9.17, 15) is 19.2 Å². The number of ether oxygens (including phenoxy) is 1. The molecule has 1 heterocycles. The number of anilines is 1. The van der Waals surface area contributed by atoms with Crippen LogP contribution in [-0.4, -0.2) is 30.2 Å². The van der Waals surface area contributed by atoms with Gasteiger partial charge < -0.3 is 4.74 Å². The molecule has 2 aromatic carbocycles. The molecule has 0 N–H and O–H groups in total. The van der Waals surface area contributed by atoms with Gasteiger partial charge in [-0.2, -0.15) is 0 Å². The fourth-order valence-electron chi connectivity index (χ4n) is 6.20. The molecule has 0 spiro atoms. The van der Waals surface area contributed by atoms with Gasteiger partial charge in [0.05, 0.1) is 23.1 Å². The van der Waals surface area contributed by atoms with Crippen LogP contribution in [0.15, 0.2) is 54.6 Å². The smallest absolute Gasteiger partial charge is 0.338 e. The van der Waals surface area contributed by atoms with Gasteiger partial charge in [-0.1, -0.05) is 30.4 Å². The number of amides is 2. The van der Waals surface area contributed by atoms with E-state index < -0.39 is 5.97 Å². The molecule has 6 heteroatoms. The van der Waals surface area contributed by atoms with Gasteiger partial charge in [-0.15, -0.1) is 0 Å². The Morgan fingerprint density at radius 3 is 2.21 bits per heavy atom. The summed E-state index contributed by atoms with van der Waals surface area (Å²) in [5.74, 6) is -0.535. The molecule has 2 bridgehead atoms. The Balaban J connectivity index is 1.18. The summed E-state index contributed by atoms with van der Waals surface area (Å²) in [4.78, 5) is 53.0. The van der Waals surface area contributed by atoms with E-state index in [2.05, 4.69) is 12.2 Å². The van der Waals surface area contributed by atoms with Gasteiger partial charge in [0, 0.05) is 5.56 Å². The number of aryl methyl sites for hydroxylation is 2. The Kier molecular flexibility index (Phi) is 4.63. The molecular formula is C28H25NO5. The molecule has 7 rings (SSSR count). The Morgan fingerprint density at radius 1 is 0.882 bits per heavy atom. The highest BCUT2D eigenvalue weighted by Crippen LogP contribution is 2.65. The van der Waals surface area contributed by atoms with Crippen LogP contribution in [-0.2, 0) is 14.3 Å². The van der Waals surface area contributed by atoms with E-state index in [0.717, 1.165) is 17.5 Å². The SMILES string of the molecule is Cc1ccc(C(=O)COC(=O)c2cccc(N3C(=O)[C@@H]4[C@H]5C=C[C@@H]([C@@H]6C[C@H]56)[C@@H]4C3=O)c2)cc1C. The average molecular weight is 456 g/mol. The first-order chi connectivity index (χ1) is 16.3. The molecule has 0 radical (unpaired) electrons. The van der Waals surface area contributed by atoms with Gasteiger partial charge in [-0.25, -0.2) is 9.69 Å². The number of Topliss-reactive ketones (excluding diaryl/α,β-unsaturated/α-hetero) is 1. The van der Waals surface area contributed by atoms with Gasteiger partial charge in [-0.3, -0.25) is 14.4 Å². The van der Waals surface area contributed by atoms with Crippen molar-refractivity contribution in [2.75, 3.05) is 11.5 Å². The number of rotatable bonds is 5. The van der Waals surface area contributed by atoms with E-state index in [-0.39, 0.29) is 53.4 Å². The van der Waals surface area contributed by atoms with Crippen LogP contribution in [0.5, 0.6) is 0 Å². The highest BCUT2D eigenvalue weighted by atomic mass is 16.5. The molecule has 5 aliphatic rings. The Hall–Kier alpha value is -3.54. The molecule has 1 aliphatic heterocycles. The second-order valence-electron chi connectivity index (χ2n) is 10.0. The maximum Gasteiger partial charge on any atom is 0.338 e. The summed E-state index contributed by atoms with van der Waals surface area (Å²) in [7, 11) is 0. The number of hydrogen-bond acceptors (Lipinski definition) is 5. The molecule has 6 atom stereocenters. The predicted octanol–water partition coefficient (Wildman–Crippen LogP) is 3.90. The summed E-state index contributed by atoms with van der Waals surface area (Å²) in [6, 6.07) is 11.7. The number of carbonyl (C=O) groups is 4. The molecule has 2 aromatic rings. The first kappa shape index (κ1) is 21.0. The van der Waals surface area contributed by atoms with Crippen molar-refractivity contribution in [1.29, 1.82) is 0 Å². The van der Waals surface area contributed by atoms with Crippen LogP contribution in [0.25, 0.3) is 0 Å². The molecule has 0 unspecified atom stereocenters. The molecule has 34 heavy (non-hydrogen) atoms. The lowest BCUT2D eigenvalue weighted by molar-refractivity contribution is -0.124. The zero-order chi connectivity index (χ0) is 23.7. The van der Waals surface area contributed by atoms with Crippen molar-refractivity contribution in [3.05, 3.63) is 76.9 Å². The first-order valence-corrected chi connectivity index (χ1v) is 11.8. The molecular weight excluding hydrogens is 430 g/mol. The maximum atomic E-state index is 13.3. The molecule has 6 nitrogen and oxygen atoms in total. The zero-order valence-electron chi connectivity index (χ0n) is 19.1. The second-order valence-corrected chi connectivity index (χ2v) is 10.0. The number of hydrogen-bond donors (Lipinski definition) is 0. The second kappa shape index (κ2) is 7.49. The van der Waals surface area contributed by atoms with Crippen LogP contribution in [0.3, 0.4) is 0 Å². The highest BCUT2D eigenvalue weighted by molar-refractivity contribution is 6.23. The van der Waals surface area contributed by atoms with Crippen LogP contribution in [0.4, 0.5) is 5.69 Å². The number of esters is 1. The third-order valence-electron chi connectivity index (χ3n) is 8.17. The largest absolute Gasteiger partial charge is 0.454 e. The minimum absolute atomic E-state index is 0.144. The van der Waals surface area contributed by atoms with E-state index >= 15 is 0 Å². The molecule has 2 amide bonds. The van der Waals surface area contributed by atoms with Gasteiger partial charge in [0.25, 0.3) is 0 Å². The number of ketones is 1. The Labute approximate surface area is 197 Å². The summed E-state index contributed by atoms with van der Waals surface area (Å²) in [6.07, 6.45) is 5.38. The lowest BCUT2D eigenvalue weighted by atomic mass is 9.63. The molecule has 3 fully saturated rings. The number of nitrogens with zero attached hydrogens (tertiary/aromatic N) is 1. The fraction of sp³-hybridized carbons (Fsp3) is 0.357. The highest BCUT2D eigenvalue weighted by Gasteiger charge is 2.67. The third-order valence-corrected chi connectivity index (χ3v) is 8.17. The van der Waals surface area contributed by atoms with Crippen molar-refractivity contribution in [2.24, 2.45) is 35.5 Å². The molecule has 0 aromatic heterocycles. The van der Waals surface area contributed by atoms with Crippen LogP contribution in [0.2, 0.25) is 0 Å². The topological polar surface area (TPSA) is 80.8 Å². The number of allylic oxidation sites excluding steroid dienone is 2. The third kappa shape index (κ3) is 3.08. The van der Waals surface area contributed by atoms with Crippen molar-refractivity contribution in [2.45, 2.75) is 20.3 Å². The Morgan fingerprint density at radius 2 is 1.56 bits per heavy atom. The van der Waals surface area contributed by atoms with Gasteiger partial charge in [0.1, 0.15) is 0 Å². The number of carbonyl (C=O) groups excluding carboxylic acids is 4. The van der Waals surface area contributed by atoms with Crippen LogP contribution in [0, 0.1) is 49.4 Å². The van der Waals surface area contributed by atoms with E-state index in [1.54, 1.807) is 30.3 Å². The number of benzene rings is 2. The molecule has 2 saturated carbocycles. The van der Waals surface area contributed by atoms with Crippen molar-refractivity contribution in [3.8, 4) is 0 Å². The fourth-order valence-corrected chi connectivity index (χ4v) is 6.20. The minimum atomic E-state index is -0.668. The van der Waals surface area contributed by atoms with E-state index in [4.69, 9.17) is 4.74 Å². The van der Waals surface area contributed by atoms with Gasteiger partial charge in [-0.05, 0) is 79.3 Å². The van der Waals surface area contributed by atoms with Crippen LogP contribution >= 0.6 is 0 Å². The first-order valence-electron chi connectivity index (χ1n) is 11.8. The van der Waals surface area contributed by atoms with Crippen LogP contribution in [0.1, 0.15) is 38.3 Å². The quantitative estimate of drug-likeness (QED) is 0.296. The van der Waals surface area contributed by atoms with Crippen molar-refractivity contribution >= 4 is 29.3 Å². The van der Waals surface area contributed by atoms with Gasteiger partial charge in [0.2, 0.25) is 11.8 Å². The number of imide groups is 1. The van der Waals surface area contributed by atoms with Gasteiger partial charge >= 0.3 is 5.97 Å². The van der Waals surface area contributed by atoms with Crippen molar-refractivity contribution in [3.63, 3.8) is 0 Å². The normalized spacial score (nSPS) is 30.2. The zero-order valence-corrected chi connectivity index (χ0v) is 19.1. The monoisotopic (exact) mass is 455 g/mol. The average Bonchev–Trinajstić information content (AvgIpc) is 3.62. The maximum absolute atomic E-state index is 13.3. The van der Waals surface area contributed by atoms with E-state index in [0.29, 0.717) is 23.1 Å². The standard InChI is InChI=1S/C28H25NO5/c1-14-6-7-16(10-15(14)2)23(30)13-34-28(33)17-4-3-5-18(11-17)29-26(31)24-19-8-9-20(22-12-21(19)22)25(24)27(29)32/h3-11,19-22,24-25H,12-13H2,1-2H3/t19-,20-,21-,22+,24-,25+/m0/s1. The Bertz CT molecular complexity index is 1260. The van der Waals surface area contributed by atoms with Crippen molar-refractivity contribution in [1.82, 2.24) is 0 Å². The van der Waals surface area contributed by atoms with Crippen LogP contribution < -0.4 is 4.90 Å². The molecule has 172 valence electrons. The summed E-state index contributed by atoms with van der Waals surface area (Å²) >= 11 is 0. The summed E-state index contributed by atoms with van der Waals surface area (Å²) in [5.41, 5.74) is 3.14. The summed E-state index contributed by atoms with van der Waals surface area (Å²) < 4.78 is 5.26. The molecule has 4 aliphatic carbocycles. The lowest BCUT2D eigenvalue weighted by Gasteiger charge is -2.37. The minimum Gasteiger partial charge on any atom is -0.454 e. The van der Waals surface area contributed by atoms with Crippen molar-refractivity contribution < 1.29 is 23.9 Å². The predicted molar refractivity (Wildman–Crippen MR) is 124 cm³/mol. The lowest BCUT2D eigenvalue weighted by Crippen LogP contribution is -2.40. The van der Waals surface area contributed by atoms with E-state index in [1.807, 2.05) is 19.9 Å². The summed E-state index contributed by atoms with van der Waals surface area (Å²) in [5, 5.41) is 0.